The van der Waals surface area contributed by atoms with Crippen molar-refractivity contribution in [3.63, 3.8) is 0 Å². The molecule has 0 heterocycles. The Morgan fingerprint density at radius 2 is 1.79 bits per heavy atom. The van der Waals surface area contributed by atoms with Gasteiger partial charge in [0.15, 0.2) is 11.7 Å². The summed E-state index contributed by atoms with van der Waals surface area (Å²) in [6, 6.07) is 15.0. The molecule has 2 aromatic rings. The van der Waals surface area contributed by atoms with Crippen LogP contribution in [0.2, 0.25) is 0 Å². The predicted octanol–water partition coefficient (Wildman–Crippen LogP) is 5.03. The van der Waals surface area contributed by atoms with E-state index in [1.165, 1.54) is 5.56 Å². The van der Waals surface area contributed by atoms with Crippen molar-refractivity contribution in [2.75, 3.05) is 11.9 Å². The molecule has 0 aliphatic heterocycles. The second-order valence-corrected chi connectivity index (χ2v) is 9.85. The Labute approximate surface area is 203 Å². The van der Waals surface area contributed by atoms with Crippen molar-refractivity contribution in [2.45, 2.75) is 23.3 Å². The highest BCUT2D eigenvalue weighted by atomic mass is 127. The molecule has 156 valence electrons. The number of benzene rings is 2. The lowest BCUT2D eigenvalue weighted by Gasteiger charge is -2.27. The van der Waals surface area contributed by atoms with Gasteiger partial charge < -0.3 is 20.7 Å². The van der Waals surface area contributed by atoms with Crippen LogP contribution in [-0.2, 0) is 11.2 Å². The molecule has 0 aromatic heterocycles. The molecule has 0 spiro atoms. The highest BCUT2D eigenvalue weighted by molar-refractivity contribution is 14.1. The van der Waals surface area contributed by atoms with E-state index in [0.29, 0.717) is 5.75 Å². The van der Waals surface area contributed by atoms with E-state index in [-0.39, 0.29) is 11.7 Å². The third kappa shape index (κ3) is 8.33. The molecule has 3 N–H and O–H groups in total. The standard InChI is InChI=1S/C19H19Cl3IN3O2S/c1-2-12-7-9-13(10-8-12)28-11-16(27)25-17(19(20,21)22)26-18(29)24-15-6-4-3-5-14(15)23/h3-10,17H,2,11H2,1H3,(H,25,27)(H2,24,26,29)/t17-/m0/s1. The van der Waals surface area contributed by atoms with Crippen LogP contribution in [0, 0.1) is 3.57 Å². The third-order valence-corrected chi connectivity index (χ3v) is 5.55. The van der Waals surface area contributed by atoms with Gasteiger partial charge in [0.1, 0.15) is 11.9 Å². The average molecular weight is 587 g/mol. The van der Waals surface area contributed by atoms with Crippen molar-refractivity contribution in [3.05, 3.63) is 57.7 Å². The topological polar surface area (TPSA) is 62.4 Å². The minimum Gasteiger partial charge on any atom is -0.484 e. The summed E-state index contributed by atoms with van der Waals surface area (Å²) in [5.74, 6) is 0.108. The Morgan fingerprint density at radius 3 is 2.38 bits per heavy atom. The molecule has 1 atom stereocenters. The number of thiocarbonyl (C=S) groups is 1. The van der Waals surface area contributed by atoms with E-state index in [1.807, 2.05) is 36.4 Å². The number of carbonyl (C=O) groups excluding carboxylic acids is 1. The first-order valence-electron chi connectivity index (χ1n) is 8.59. The number of nitrogens with one attached hydrogen (secondary N) is 3. The molecule has 0 aliphatic rings. The Morgan fingerprint density at radius 1 is 1.14 bits per heavy atom. The summed E-state index contributed by atoms with van der Waals surface area (Å²) in [5, 5.41) is 8.60. The Bertz CT molecular complexity index is 847. The van der Waals surface area contributed by atoms with Crippen molar-refractivity contribution in [1.82, 2.24) is 10.6 Å². The van der Waals surface area contributed by atoms with Crippen LogP contribution in [0.15, 0.2) is 48.5 Å². The quantitative estimate of drug-likeness (QED) is 0.184. The second kappa shape index (κ2) is 11.4. The Balaban J connectivity index is 1.92. The predicted molar refractivity (Wildman–Crippen MR) is 132 cm³/mol. The van der Waals surface area contributed by atoms with Crippen molar-refractivity contribution >= 4 is 86.3 Å². The number of alkyl halides is 3. The summed E-state index contributed by atoms with van der Waals surface area (Å²) >= 11 is 25.4. The van der Waals surface area contributed by atoms with Gasteiger partial charge in [-0.15, -0.1) is 0 Å². The number of ether oxygens (including phenoxy) is 1. The molecule has 0 fully saturated rings. The van der Waals surface area contributed by atoms with Crippen molar-refractivity contribution in [3.8, 4) is 5.75 Å². The van der Waals surface area contributed by atoms with E-state index in [9.17, 15) is 4.79 Å². The highest BCUT2D eigenvalue weighted by Gasteiger charge is 2.34. The van der Waals surface area contributed by atoms with Gasteiger partial charge in [0, 0.05) is 3.57 Å². The van der Waals surface area contributed by atoms with Crippen LogP contribution in [0.25, 0.3) is 0 Å². The zero-order valence-electron chi connectivity index (χ0n) is 15.3. The first-order chi connectivity index (χ1) is 13.7. The van der Waals surface area contributed by atoms with Crippen molar-refractivity contribution < 1.29 is 9.53 Å². The van der Waals surface area contributed by atoms with E-state index < -0.39 is 15.9 Å². The van der Waals surface area contributed by atoms with Crippen LogP contribution >= 0.6 is 69.6 Å². The third-order valence-electron chi connectivity index (χ3n) is 3.73. The molecule has 0 radical (unpaired) electrons. The summed E-state index contributed by atoms with van der Waals surface area (Å²) < 4.78 is 4.60. The maximum absolute atomic E-state index is 12.3. The van der Waals surface area contributed by atoms with Crippen LogP contribution in [0.5, 0.6) is 5.75 Å². The summed E-state index contributed by atoms with van der Waals surface area (Å²) in [5.41, 5.74) is 1.97. The molecule has 0 unspecified atom stereocenters. The molecular formula is C19H19Cl3IN3O2S. The van der Waals surface area contributed by atoms with Gasteiger partial charge in [-0.2, -0.15) is 0 Å². The summed E-state index contributed by atoms with van der Waals surface area (Å²) in [4.78, 5) is 12.3. The van der Waals surface area contributed by atoms with E-state index in [1.54, 1.807) is 12.1 Å². The number of carbonyl (C=O) groups is 1. The van der Waals surface area contributed by atoms with Gasteiger partial charge in [-0.1, -0.05) is 66.0 Å². The molecule has 29 heavy (non-hydrogen) atoms. The van der Waals surface area contributed by atoms with Gasteiger partial charge >= 0.3 is 0 Å². The molecule has 5 nitrogen and oxygen atoms in total. The summed E-state index contributed by atoms with van der Waals surface area (Å²) in [7, 11) is 0. The van der Waals surface area contributed by atoms with Crippen LogP contribution in [0.3, 0.4) is 0 Å². The van der Waals surface area contributed by atoms with Crippen molar-refractivity contribution in [1.29, 1.82) is 0 Å². The van der Waals surface area contributed by atoms with Gasteiger partial charge in [0.2, 0.25) is 3.79 Å². The Hall–Kier alpha value is -1.000. The maximum atomic E-state index is 12.3. The fraction of sp³-hybridized carbons (Fsp3) is 0.263. The SMILES string of the molecule is CCc1ccc(OCC(=O)N[C@@H](NC(=S)Nc2ccccc2I)C(Cl)(Cl)Cl)cc1. The molecule has 1 amide bonds. The summed E-state index contributed by atoms with van der Waals surface area (Å²) in [6.07, 6.45) is -0.139. The number of halogens is 4. The number of amides is 1. The number of hydrogen-bond acceptors (Lipinski definition) is 3. The van der Waals surface area contributed by atoms with Crippen LogP contribution in [-0.4, -0.2) is 27.6 Å². The zero-order valence-corrected chi connectivity index (χ0v) is 20.6. The zero-order chi connectivity index (χ0) is 21.4. The number of aryl methyl sites for hydroxylation is 1. The largest absolute Gasteiger partial charge is 0.484 e. The molecule has 2 aromatic carbocycles. The second-order valence-electron chi connectivity index (χ2n) is 5.91. The van der Waals surface area contributed by atoms with Gasteiger partial charge in [-0.05, 0) is 71.1 Å². The average Bonchev–Trinajstić information content (AvgIpc) is 2.67. The number of rotatable bonds is 7. The molecule has 0 saturated carbocycles. The van der Waals surface area contributed by atoms with Crippen LogP contribution in [0.4, 0.5) is 5.69 Å². The van der Waals surface area contributed by atoms with Crippen LogP contribution in [0.1, 0.15) is 12.5 Å². The van der Waals surface area contributed by atoms with E-state index >= 15 is 0 Å². The molecule has 0 bridgehead atoms. The van der Waals surface area contributed by atoms with Gasteiger partial charge in [-0.25, -0.2) is 0 Å². The number of hydrogen-bond donors (Lipinski definition) is 3. The molecule has 2 rings (SSSR count). The van der Waals surface area contributed by atoms with E-state index in [4.69, 9.17) is 51.8 Å². The number of anilines is 1. The monoisotopic (exact) mass is 585 g/mol. The fourth-order valence-corrected chi connectivity index (χ4v) is 3.30. The lowest BCUT2D eigenvalue weighted by atomic mass is 10.2. The first-order valence-corrected chi connectivity index (χ1v) is 11.2. The molecule has 10 heteroatoms. The van der Waals surface area contributed by atoms with Gasteiger partial charge in [0.25, 0.3) is 5.91 Å². The fourth-order valence-electron chi connectivity index (χ4n) is 2.22. The lowest BCUT2D eigenvalue weighted by molar-refractivity contribution is -0.123. The first kappa shape index (κ1) is 24.3. The van der Waals surface area contributed by atoms with Crippen LogP contribution < -0.4 is 20.7 Å². The van der Waals surface area contributed by atoms with Crippen molar-refractivity contribution in [2.24, 2.45) is 0 Å². The maximum Gasteiger partial charge on any atom is 0.259 e. The molecule has 0 aliphatic carbocycles. The van der Waals surface area contributed by atoms with Gasteiger partial charge in [-0.3, -0.25) is 4.79 Å². The molecular weight excluding hydrogens is 568 g/mol. The Kier molecular flexibility index (Phi) is 9.55. The summed E-state index contributed by atoms with van der Waals surface area (Å²) in [6.45, 7) is 1.83. The normalized spacial score (nSPS) is 12.0. The van der Waals surface area contributed by atoms with Gasteiger partial charge in [0.05, 0.1) is 5.69 Å². The minimum atomic E-state index is -1.84. The van der Waals surface area contributed by atoms with E-state index in [0.717, 1.165) is 15.7 Å². The van der Waals surface area contributed by atoms with E-state index in [2.05, 4.69) is 45.5 Å². The molecule has 0 saturated heterocycles. The smallest absolute Gasteiger partial charge is 0.259 e. The lowest BCUT2D eigenvalue weighted by Crippen LogP contribution is -2.57. The number of para-hydroxylation sites is 1. The minimum absolute atomic E-state index is 0.196. The highest BCUT2D eigenvalue weighted by Crippen LogP contribution is 2.29.